The van der Waals surface area contributed by atoms with E-state index < -0.39 is 0 Å². The predicted octanol–water partition coefficient (Wildman–Crippen LogP) is 2.90. The van der Waals surface area contributed by atoms with Gasteiger partial charge in [-0.05, 0) is 49.9 Å². The zero-order valence-electron chi connectivity index (χ0n) is 13.1. The maximum Gasteiger partial charge on any atom is 0.321 e. The third-order valence-electron chi connectivity index (χ3n) is 4.29. The Morgan fingerprint density at radius 1 is 1.50 bits per heavy atom. The number of nitrogens with one attached hydrogen (secondary N) is 1. The molecular formula is C17H24N2O3. The Bertz CT molecular complexity index is 533. The minimum absolute atomic E-state index is 0.0179. The van der Waals surface area contributed by atoms with Gasteiger partial charge in [-0.3, -0.25) is 0 Å². The molecule has 0 aliphatic carbocycles. The van der Waals surface area contributed by atoms with E-state index in [2.05, 4.69) is 5.32 Å². The van der Waals surface area contributed by atoms with E-state index in [0.717, 1.165) is 63.6 Å². The molecule has 0 radical (unpaired) electrons. The van der Waals surface area contributed by atoms with Gasteiger partial charge in [0.15, 0.2) is 0 Å². The quantitative estimate of drug-likeness (QED) is 0.930. The van der Waals surface area contributed by atoms with E-state index in [0.29, 0.717) is 5.92 Å². The number of carbonyl (C=O) groups excluding carboxylic acids is 1. The molecule has 0 saturated carbocycles. The fourth-order valence-corrected chi connectivity index (χ4v) is 3.08. The van der Waals surface area contributed by atoms with Crippen LogP contribution in [0.1, 0.15) is 25.3 Å². The van der Waals surface area contributed by atoms with Crippen LogP contribution < -0.4 is 10.1 Å². The van der Waals surface area contributed by atoms with Gasteiger partial charge in [0.05, 0.1) is 13.2 Å². The Hall–Kier alpha value is -1.75. The van der Waals surface area contributed by atoms with E-state index in [1.54, 1.807) is 0 Å². The van der Waals surface area contributed by atoms with Crippen molar-refractivity contribution in [2.45, 2.75) is 26.2 Å². The number of benzene rings is 1. The van der Waals surface area contributed by atoms with E-state index >= 15 is 0 Å². The molecule has 1 aromatic rings. The molecule has 0 unspecified atom stereocenters. The number of ether oxygens (including phenoxy) is 2. The van der Waals surface area contributed by atoms with Gasteiger partial charge in [0.2, 0.25) is 0 Å². The molecule has 120 valence electrons. The van der Waals surface area contributed by atoms with E-state index in [1.807, 2.05) is 30.0 Å². The highest BCUT2D eigenvalue weighted by atomic mass is 16.5. The average molecular weight is 304 g/mol. The lowest BCUT2D eigenvalue weighted by molar-refractivity contribution is 0.113. The molecule has 0 bridgehead atoms. The average Bonchev–Trinajstić information content (AvgIpc) is 3.02. The van der Waals surface area contributed by atoms with Crippen molar-refractivity contribution in [3.8, 4) is 5.75 Å². The standard InChI is InChI=1S/C17H24N2O3/c1-2-21-12-13-7-8-19(11-13)17(20)18-15-5-6-16-14(10-15)4-3-9-22-16/h5-6,10,13H,2-4,7-9,11-12H2,1H3,(H,18,20)/t13-/m0/s1. The van der Waals surface area contributed by atoms with Crippen molar-refractivity contribution in [3.63, 3.8) is 0 Å². The van der Waals surface area contributed by atoms with Crippen LogP contribution in [-0.4, -0.2) is 43.8 Å². The first-order chi connectivity index (χ1) is 10.8. The number of fused-ring (bicyclic) bond motifs is 1. The summed E-state index contributed by atoms with van der Waals surface area (Å²) in [5.74, 6) is 1.41. The van der Waals surface area contributed by atoms with E-state index in [4.69, 9.17) is 9.47 Å². The second-order valence-electron chi connectivity index (χ2n) is 5.96. The summed E-state index contributed by atoms with van der Waals surface area (Å²) >= 11 is 0. The van der Waals surface area contributed by atoms with Crippen LogP contribution in [0, 0.1) is 5.92 Å². The highest BCUT2D eigenvalue weighted by Crippen LogP contribution is 2.28. The lowest BCUT2D eigenvalue weighted by Gasteiger charge is -2.20. The second kappa shape index (κ2) is 7.01. The number of hydrogen-bond acceptors (Lipinski definition) is 3. The van der Waals surface area contributed by atoms with E-state index in [1.165, 1.54) is 5.56 Å². The Morgan fingerprint density at radius 2 is 2.41 bits per heavy atom. The molecule has 1 N–H and O–H groups in total. The van der Waals surface area contributed by atoms with E-state index in [-0.39, 0.29) is 6.03 Å². The van der Waals surface area contributed by atoms with Crippen LogP contribution in [-0.2, 0) is 11.2 Å². The SMILES string of the molecule is CCOC[C@H]1CCN(C(=O)Nc2ccc3c(c2)CCCO3)C1. The van der Waals surface area contributed by atoms with Gasteiger partial charge >= 0.3 is 6.03 Å². The summed E-state index contributed by atoms with van der Waals surface area (Å²) in [5, 5.41) is 3.00. The summed E-state index contributed by atoms with van der Waals surface area (Å²) in [4.78, 5) is 14.2. The predicted molar refractivity (Wildman–Crippen MR) is 85.4 cm³/mol. The smallest absolute Gasteiger partial charge is 0.321 e. The molecule has 5 nitrogen and oxygen atoms in total. The van der Waals surface area contributed by atoms with Crippen molar-refractivity contribution in [1.29, 1.82) is 0 Å². The number of urea groups is 1. The van der Waals surface area contributed by atoms with Crippen LogP contribution >= 0.6 is 0 Å². The number of aryl methyl sites for hydroxylation is 1. The molecule has 0 aromatic heterocycles. The number of amides is 2. The number of likely N-dealkylation sites (tertiary alicyclic amines) is 1. The minimum Gasteiger partial charge on any atom is -0.493 e. The van der Waals surface area contributed by atoms with Crippen molar-refractivity contribution >= 4 is 11.7 Å². The summed E-state index contributed by atoms with van der Waals surface area (Å²) in [6, 6.07) is 5.87. The first-order valence-electron chi connectivity index (χ1n) is 8.15. The number of anilines is 1. The highest BCUT2D eigenvalue weighted by Gasteiger charge is 2.26. The summed E-state index contributed by atoms with van der Waals surface area (Å²) in [7, 11) is 0. The second-order valence-corrected chi connectivity index (χ2v) is 5.96. The van der Waals surface area contributed by atoms with Gasteiger partial charge in [0.1, 0.15) is 5.75 Å². The molecule has 2 heterocycles. The largest absolute Gasteiger partial charge is 0.493 e. The molecule has 2 amide bonds. The molecule has 22 heavy (non-hydrogen) atoms. The molecule has 0 spiro atoms. The maximum atomic E-state index is 12.3. The van der Waals surface area contributed by atoms with Crippen LogP contribution in [0.5, 0.6) is 5.75 Å². The van der Waals surface area contributed by atoms with Crippen LogP contribution in [0.25, 0.3) is 0 Å². The Balaban J connectivity index is 1.56. The van der Waals surface area contributed by atoms with Crippen molar-refractivity contribution in [3.05, 3.63) is 23.8 Å². The maximum absolute atomic E-state index is 12.3. The molecular weight excluding hydrogens is 280 g/mol. The lowest BCUT2D eigenvalue weighted by Crippen LogP contribution is -2.33. The number of rotatable bonds is 4. The van der Waals surface area contributed by atoms with Crippen LogP contribution in [0.2, 0.25) is 0 Å². The van der Waals surface area contributed by atoms with Gasteiger partial charge < -0.3 is 19.7 Å². The number of carbonyl (C=O) groups is 1. The van der Waals surface area contributed by atoms with Gasteiger partial charge in [0.25, 0.3) is 0 Å². The molecule has 5 heteroatoms. The lowest BCUT2D eigenvalue weighted by atomic mass is 10.1. The Labute approximate surface area is 131 Å². The first kappa shape index (κ1) is 15.2. The van der Waals surface area contributed by atoms with Crippen LogP contribution in [0.15, 0.2) is 18.2 Å². The van der Waals surface area contributed by atoms with Crippen LogP contribution in [0.3, 0.4) is 0 Å². The molecule has 1 aromatic carbocycles. The number of nitrogens with zero attached hydrogens (tertiary/aromatic N) is 1. The van der Waals surface area contributed by atoms with Crippen molar-refractivity contribution in [2.24, 2.45) is 5.92 Å². The van der Waals surface area contributed by atoms with Crippen LogP contribution in [0.4, 0.5) is 10.5 Å². The molecule has 2 aliphatic rings. The van der Waals surface area contributed by atoms with Crippen molar-refractivity contribution < 1.29 is 14.3 Å². The molecule has 3 rings (SSSR count). The third-order valence-corrected chi connectivity index (χ3v) is 4.29. The summed E-state index contributed by atoms with van der Waals surface area (Å²) in [6.45, 7) is 5.85. The zero-order chi connectivity index (χ0) is 15.4. The molecule has 2 aliphatic heterocycles. The summed E-state index contributed by atoms with van der Waals surface area (Å²) in [5.41, 5.74) is 2.03. The first-order valence-corrected chi connectivity index (χ1v) is 8.15. The minimum atomic E-state index is -0.0179. The topological polar surface area (TPSA) is 50.8 Å². The molecule has 1 fully saturated rings. The Kier molecular flexibility index (Phi) is 4.83. The van der Waals surface area contributed by atoms with E-state index in [9.17, 15) is 4.79 Å². The highest BCUT2D eigenvalue weighted by molar-refractivity contribution is 5.89. The third kappa shape index (κ3) is 3.53. The number of hydrogen-bond donors (Lipinski definition) is 1. The Morgan fingerprint density at radius 3 is 3.27 bits per heavy atom. The summed E-state index contributed by atoms with van der Waals surface area (Å²) < 4.78 is 11.1. The van der Waals surface area contributed by atoms with Crippen molar-refractivity contribution in [2.75, 3.05) is 38.2 Å². The van der Waals surface area contributed by atoms with Gasteiger partial charge in [0, 0.05) is 31.3 Å². The monoisotopic (exact) mass is 304 g/mol. The van der Waals surface area contributed by atoms with Gasteiger partial charge in [-0.2, -0.15) is 0 Å². The fourth-order valence-electron chi connectivity index (χ4n) is 3.08. The van der Waals surface area contributed by atoms with Gasteiger partial charge in [-0.1, -0.05) is 0 Å². The molecule has 1 saturated heterocycles. The summed E-state index contributed by atoms with van der Waals surface area (Å²) in [6.07, 6.45) is 3.07. The van der Waals surface area contributed by atoms with Gasteiger partial charge in [-0.15, -0.1) is 0 Å². The fraction of sp³-hybridized carbons (Fsp3) is 0.588. The zero-order valence-corrected chi connectivity index (χ0v) is 13.1. The van der Waals surface area contributed by atoms with Crippen molar-refractivity contribution in [1.82, 2.24) is 4.90 Å². The van der Waals surface area contributed by atoms with Gasteiger partial charge in [-0.25, -0.2) is 4.79 Å². The molecule has 1 atom stereocenters. The normalized spacial score (nSPS) is 20.4.